The van der Waals surface area contributed by atoms with Crippen molar-refractivity contribution in [3.63, 3.8) is 0 Å². The van der Waals surface area contributed by atoms with Gasteiger partial charge in [0.25, 0.3) is 0 Å². The summed E-state index contributed by atoms with van der Waals surface area (Å²) in [7, 11) is 0. The molecule has 0 saturated heterocycles. The minimum atomic E-state index is -0.516. The van der Waals surface area contributed by atoms with Gasteiger partial charge in [0.1, 0.15) is 17.7 Å². The summed E-state index contributed by atoms with van der Waals surface area (Å²) in [5.41, 5.74) is 0.728. The predicted octanol–water partition coefficient (Wildman–Crippen LogP) is 3.98. The Morgan fingerprint density at radius 1 is 1.11 bits per heavy atom. The van der Waals surface area contributed by atoms with Crippen molar-refractivity contribution in [2.24, 2.45) is 5.92 Å². The van der Waals surface area contributed by atoms with E-state index in [1.807, 2.05) is 0 Å². The smallest absolute Gasteiger partial charge is 0.128 e. The molecule has 2 nitrogen and oxygen atoms in total. The van der Waals surface area contributed by atoms with E-state index in [-0.39, 0.29) is 11.9 Å². The molecule has 3 heteroatoms. The average molecular weight is 264 g/mol. The number of aliphatic hydroxyl groups excluding tert-OH is 1. The van der Waals surface area contributed by atoms with Crippen molar-refractivity contribution in [1.82, 2.24) is 0 Å². The summed E-state index contributed by atoms with van der Waals surface area (Å²) in [5.74, 6) is 0.744. The van der Waals surface area contributed by atoms with Gasteiger partial charge in [-0.2, -0.15) is 0 Å². The van der Waals surface area contributed by atoms with Gasteiger partial charge in [-0.3, -0.25) is 0 Å². The van der Waals surface area contributed by atoms with Gasteiger partial charge in [0.2, 0.25) is 0 Å². The quantitative estimate of drug-likeness (QED) is 0.777. The van der Waals surface area contributed by atoms with Crippen LogP contribution in [0.15, 0.2) is 18.2 Å². The van der Waals surface area contributed by atoms with Gasteiger partial charge in [0.05, 0.1) is 6.10 Å². The summed E-state index contributed by atoms with van der Waals surface area (Å²) >= 11 is 0. The summed E-state index contributed by atoms with van der Waals surface area (Å²) in [4.78, 5) is 0. The molecule has 2 aliphatic rings. The van der Waals surface area contributed by atoms with Crippen molar-refractivity contribution in [3.8, 4) is 5.75 Å². The van der Waals surface area contributed by atoms with E-state index in [2.05, 4.69) is 0 Å². The van der Waals surface area contributed by atoms with Crippen molar-refractivity contribution < 1.29 is 14.2 Å². The zero-order valence-corrected chi connectivity index (χ0v) is 11.1. The third-order valence-electron chi connectivity index (χ3n) is 4.49. The number of aliphatic hydroxyl groups is 1. The minimum Gasteiger partial charge on any atom is -0.490 e. The molecule has 1 aliphatic heterocycles. The maximum Gasteiger partial charge on any atom is 0.128 e. The number of hydrogen-bond donors (Lipinski definition) is 1. The fraction of sp³-hybridized carbons (Fsp3) is 0.625. The van der Waals surface area contributed by atoms with E-state index in [1.54, 1.807) is 6.07 Å². The first-order chi connectivity index (χ1) is 9.24. The van der Waals surface area contributed by atoms with Crippen molar-refractivity contribution in [2.45, 2.75) is 57.2 Å². The molecule has 1 heterocycles. The first-order valence-corrected chi connectivity index (χ1v) is 7.38. The average Bonchev–Trinajstić information content (AvgIpc) is 2.66. The van der Waals surface area contributed by atoms with Crippen LogP contribution in [-0.2, 0) is 0 Å². The van der Waals surface area contributed by atoms with E-state index >= 15 is 0 Å². The second kappa shape index (κ2) is 5.49. The Balaban J connectivity index is 1.79. The van der Waals surface area contributed by atoms with E-state index in [9.17, 15) is 9.50 Å². The maximum absolute atomic E-state index is 13.3. The SMILES string of the molecule is O[C@@H]1CC(C2CCCCCC2)Oc2cc(F)ccc21. The van der Waals surface area contributed by atoms with Crippen LogP contribution in [0, 0.1) is 11.7 Å². The lowest BCUT2D eigenvalue weighted by atomic mass is 9.87. The molecule has 0 radical (unpaired) electrons. The molecule has 0 spiro atoms. The molecular formula is C16H21FO2. The molecule has 1 aromatic rings. The van der Waals surface area contributed by atoms with Gasteiger partial charge in [-0.15, -0.1) is 0 Å². The molecular weight excluding hydrogens is 243 g/mol. The lowest BCUT2D eigenvalue weighted by Gasteiger charge is -2.34. The van der Waals surface area contributed by atoms with E-state index in [0.717, 1.165) is 5.56 Å². The molecule has 0 amide bonds. The Morgan fingerprint density at radius 3 is 2.58 bits per heavy atom. The Labute approximate surface area is 113 Å². The van der Waals surface area contributed by atoms with Crippen LogP contribution in [0.1, 0.15) is 56.6 Å². The van der Waals surface area contributed by atoms with Crippen molar-refractivity contribution in [1.29, 1.82) is 0 Å². The van der Waals surface area contributed by atoms with Crippen LogP contribution in [0.5, 0.6) is 5.75 Å². The van der Waals surface area contributed by atoms with Crippen LogP contribution in [0.2, 0.25) is 0 Å². The molecule has 19 heavy (non-hydrogen) atoms. The summed E-state index contributed by atoms with van der Waals surface area (Å²) in [6.45, 7) is 0. The molecule has 0 bridgehead atoms. The minimum absolute atomic E-state index is 0.0439. The molecule has 3 rings (SSSR count). The molecule has 1 saturated carbocycles. The zero-order valence-electron chi connectivity index (χ0n) is 11.1. The van der Waals surface area contributed by atoms with Gasteiger partial charge < -0.3 is 9.84 Å². The second-order valence-corrected chi connectivity index (χ2v) is 5.84. The number of rotatable bonds is 1. The highest BCUT2D eigenvalue weighted by Gasteiger charge is 2.32. The van der Waals surface area contributed by atoms with E-state index in [1.165, 1.54) is 50.7 Å². The van der Waals surface area contributed by atoms with Crippen molar-refractivity contribution in [3.05, 3.63) is 29.6 Å². The van der Waals surface area contributed by atoms with Gasteiger partial charge in [0.15, 0.2) is 0 Å². The van der Waals surface area contributed by atoms with Crippen LogP contribution in [-0.4, -0.2) is 11.2 Å². The molecule has 1 aromatic carbocycles. The predicted molar refractivity (Wildman–Crippen MR) is 71.6 cm³/mol. The molecule has 1 aliphatic carbocycles. The molecule has 1 unspecified atom stereocenters. The Kier molecular flexibility index (Phi) is 3.74. The number of fused-ring (bicyclic) bond motifs is 1. The lowest BCUT2D eigenvalue weighted by molar-refractivity contribution is 0.0294. The highest BCUT2D eigenvalue weighted by molar-refractivity contribution is 5.37. The van der Waals surface area contributed by atoms with Gasteiger partial charge in [-0.25, -0.2) is 4.39 Å². The largest absolute Gasteiger partial charge is 0.490 e. The molecule has 104 valence electrons. The first-order valence-electron chi connectivity index (χ1n) is 7.38. The number of hydrogen-bond acceptors (Lipinski definition) is 2. The third-order valence-corrected chi connectivity index (χ3v) is 4.49. The lowest BCUT2D eigenvalue weighted by Crippen LogP contribution is -2.32. The summed E-state index contributed by atoms with van der Waals surface area (Å²) in [5, 5.41) is 10.2. The van der Waals surface area contributed by atoms with Gasteiger partial charge in [0, 0.05) is 18.1 Å². The standard InChI is InChI=1S/C16H21FO2/c17-12-7-8-13-14(18)10-15(19-16(13)9-12)11-5-3-1-2-4-6-11/h7-9,11,14-15,18H,1-6,10H2/t14-,15?/m1/s1. The van der Waals surface area contributed by atoms with E-state index in [4.69, 9.17) is 4.74 Å². The molecule has 1 N–H and O–H groups in total. The van der Waals surface area contributed by atoms with Crippen LogP contribution in [0.25, 0.3) is 0 Å². The highest BCUT2D eigenvalue weighted by Crippen LogP contribution is 2.40. The summed E-state index contributed by atoms with van der Waals surface area (Å²) in [6.07, 6.45) is 7.61. The van der Waals surface area contributed by atoms with Crippen LogP contribution < -0.4 is 4.74 Å². The third kappa shape index (κ3) is 2.76. The van der Waals surface area contributed by atoms with E-state index < -0.39 is 6.10 Å². The summed E-state index contributed by atoms with van der Waals surface area (Å²) < 4.78 is 19.3. The van der Waals surface area contributed by atoms with Crippen molar-refractivity contribution in [2.75, 3.05) is 0 Å². The number of halogens is 1. The first kappa shape index (κ1) is 12.9. The fourth-order valence-corrected chi connectivity index (χ4v) is 3.42. The van der Waals surface area contributed by atoms with Gasteiger partial charge >= 0.3 is 0 Å². The fourth-order valence-electron chi connectivity index (χ4n) is 3.42. The Bertz CT molecular complexity index is 438. The van der Waals surface area contributed by atoms with E-state index in [0.29, 0.717) is 18.1 Å². The van der Waals surface area contributed by atoms with Crippen molar-refractivity contribution >= 4 is 0 Å². The second-order valence-electron chi connectivity index (χ2n) is 5.84. The van der Waals surface area contributed by atoms with Crippen LogP contribution in [0.3, 0.4) is 0 Å². The number of ether oxygens (including phenoxy) is 1. The van der Waals surface area contributed by atoms with Gasteiger partial charge in [-0.05, 0) is 30.9 Å². The normalized spacial score (nSPS) is 28.3. The monoisotopic (exact) mass is 264 g/mol. The zero-order chi connectivity index (χ0) is 13.2. The molecule has 2 atom stereocenters. The van der Waals surface area contributed by atoms with Gasteiger partial charge in [-0.1, -0.05) is 25.7 Å². The number of benzene rings is 1. The molecule has 1 fully saturated rings. The van der Waals surface area contributed by atoms with Crippen LogP contribution in [0.4, 0.5) is 4.39 Å². The van der Waals surface area contributed by atoms with Crippen LogP contribution >= 0.6 is 0 Å². The Morgan fingerprint density at radius 2 is 1.84 bits per heavy atom. The Hall–Kier alpha value is -1.09. The highest BCUT2D eigenvalue weighted by atomic mass is 19.1. The molecule has 0 aromatic heterocycles. The topological polar surface area (TPSA) is 29.5 Å². The summed E-state index contributed by atoms with van der Waals surface area (Å²) in [6, 6.07) is 4.43. The maximum atomic E-state index is 13.3.